The van der Waals surface area contributed by atoms with Crippen molar-refractivity contribution < 1.29 is 0 Å². The van der Waals surface area contributed by atoms with Crippen molar-refractivity contribution in [2.24, 2.45) is 0 Å². The first-order chi connectivity index (χ1) is 34.0. The zero-order chi connectivity index (χ0) is 46.3. The van der Waals surface area contributed by atoms with E-state index < -0.39 is 8.07 Å². The Bertz CT molecular complexity index is 3410. The van der Waals surface area contributed by atoms with Gasteiger partial charge in [-0.1, -0.05) is 213 Å². The Labute approximate surface area is 406 Å². The van der Waals surface area contributed by atoms with Gasteiger partial charge in [-0.05, 0) is 138 Å². The number of benzene rings is 11. The Morgan fingerprint density at radius 2 is 0.609 bits per heavy atom. The van der Waals surface area contributed by atoms with Crippen LogP contribution >= 0.6 is 0 Å². The molecule has 0 atom stereocenters. The van der Waals surface area contributed by atoms with Crippen molar-refractivity contribution in [2.75, 3.05) is 9.80 Å². The first-order valence-electron chi connectivity index (χ1n) is 23.9. The summed E-state index contributed by atoms with van der Waals surface area (Å²) in [5.41, 5.74) is 19.1. The predicted molar refractivity (Wildman–Crippen MR) is 297 cm³/mol. The van der Waals surface area contributed by atoms with Crippen LogP contribution in [-0.2, 0) is 0 Å². The van der Waals surface area contributed by atoms with E-state index in [1.54, 1.807) is 0 Å². The molecule has 1 aliphatic rings. The van der Waals surface area contributed by atoms with Gasteiger partial charge in [0.25, 0.3) is 0 Å². The Morgan fingerprint density at radius 1 is 0.261 bits per heavy atom. The van der Waals surface area contributed by atoms with Crippen molar-refractivity contribution in [3.05, 3.63) is 267 Å². The maximum Gasteiger partial charge on any atom is 0.113 e. The van der Waals surface area contributed by atoms with E-state index in [2.05, 4.69) is 290 Å². The fourth-order valence-electron chi connectivity index (χ4n) is 10.5. The molecular weight excluding hydrogens is 849 g/mol. The van der Waals surface area contributed by atoms with Crippen molar-refractivity contribution in [2.45, 2.75) is 13.1 Å². The van der Waals surface area contributed by atoms with Crippen LogP contribution in [0.15, 0.2) is 267 Å². The molecule has 0 radical (unpaired) electrons. The standard InChI is InChI=1S/C66H50N2Si/c1-69(2)64-25-15-24-62-63(68(57-38-30-53(31-39-57)49-20-11-5-12-21-49)58-40-32-54(33-41-58)50-22-13-6-14-23-50)45-44-61(66(62)64)60-43-42-59(46-65(60)69)67(55-34-26-51(27-35-55)47-16-7-3-8-17-47)56-36-28-52(29-37-56)48-18-9-4-10-19-48/h3-46H,1-2H3. The van der Waals surface area contributed by atoms with E-state index in [0.717, 1.165) is 28.4 Å². The first-order valence-corrected chi connectivity index (χ1v) is 26.9. The molecule has 12 rings (SSSR count). The maximum absolute atomic E-state index is 2.54. The average molecular weight is 899 g/mol. The largest absolute Gasteiger partial charge is 0.311 e. The van der Waals surface area contributed by atoms with E-state index in [-0.39, 0.29) is 0 Å². The fraction of sp³-hybridized carbons (Fsp3) is 0.0303. The number of hydrogen-bond acceptors (Lipinski definition) is 2. The SMILES string of the molecule is C[Si]1(C)c2cc(N(c3ccc(-c4ccccc4)cc3)c3ccc(-c4ccccc4)cc3)ccc2-c2ccc(N(c3ccc(-c4ccccc4)cc3)c3ccc(-c4ccccc4)cc3)c3cccc1c23. The van der Waals surface area contributed by atoms with Gasteiger partial charge in [-0.3, -0.25) is 0 Å². The summed E-state index contributed by atoms with van der Waals surface area (Å²) in [5, 5.41) is 5.54. The molecular formula is C66H50N2Si. The second-order valence-electron chi connectivity index (χ2n) is 18.5. The van der Waals surface area contributed by atoms with E-state index in [1.165, 1.54) is 82.5 Å². The van der Waals surface area contributed by atoms with Crippen LogP contribution in [0.3, 0.4) is 0 Å². The van der Waals surface area contributed by atoms with Crippen molar-refractivity contribution >= 4 is 63.3 Å². The van der Waals surface area contributed by atoms with Gasteiger partial charge in [0, 0.05) is 33.8 Å². The van der Waals surface area contributed by atoms with Crippen LogP contribution in [0.2, 0.25) is 13.1 Å². The lowest BCUT2D eigenvalue weighted by molar-refractivity contribution is 1.28. The molecule has 11 aromatic carbocycles. The Hall–Kier alpha value is -8.50. The molecule has 0 aliphatic carbocycles. The average Bonchev–Trinajstić information content (AvgIpc) is 3.42. The molecule has 0 bridgehead atoms. The second kappa shape index (κ2) is 17.6. The van der Waals surface area contributed by atoms with Gasteiger partial charge in [0.1, 0.15) is 8.07 Å². The van der Waals surface area contributed by atoms with Crippen molar-refractivity contribution in [1.29, 1.82) is 0 Å². The number of rotatable bonds is 10. The van der Waals surface area contributed by atoms with Gasteiger partial charge < -0.3 is 9.80 Å². The third-order valence-electron chi connectivity index (χ3n) is 14.1. The highest BCUT2D eigenvalue weighted by molar-refractivity contribution is 7.03. The minimum atomic E-state index is -2.30. The van der Waals surface area contributed by atoms with Crippen LogP contribution in [0, 0.1) is 0 Å². The molecule has 11 aromatic rings. The number of hydrogen-bond donors (Lipinski definition) is 0. The zero-order valence-electron chi connectivity index (χ0n) is 38.8. The molecule has 0 saturated carbocycles. The molecule has 1 aliphatic heterocycles. The Kier molecular flexibility index (Phi) is 10.7. The van der Waals surface area contributed by atoms with Crippen molar-refractivity contribution in [3.63, 3.8) is 0 Å². The van der Waals surface area contributed by atoms with Crippen LogP contribution in [0.5, 0.6) is 0 Å². The monoisotopic (exact) mass is 898 g/mol. The summed E-state index contributed by atoms with van der Waals surface area (Å²) in [6.07, 6.45) is 0. The lowest BCUT2D eigenvalue weighted by atomic mass is 9.94. The summed E-state index contributed by atoms with van der Waals surface area (Å²) < 4.78 is 0. The smallest absolute Gasteiger partial charge is 0.113 e. The van der Waals surface area contributed by atoms with E-state index in [1.807, 2.05) is 0 Å². The third kappa shape index (κ3) is 7.73. The Morgan fingerprint density at radius 3 is 1.01 bits per heavy atom. The van der Waals surface area contributed by atoms with E-state index in [4.69, 9.17) is 0 Å². The summed E-state index contributed by atoms with van der Waals surface area (Å²) in [6.45, 7) is 5.08. The lowest BCUT2D eigenvalue weighted by Crippen LogP contribution is -2.56. The number of nitrogens with zero attached hydrogens (tertiary/aromatic N) is 2. The topological polar surface area (TPSA) is 6.48 Å². The molecule has 0 unspecified atom stereocenters. The molecule has 2 nitrogen and oxygen atoms in total. The molecule has 0 fully saturated rings. The number of fused-ring (bicyclic) bond motifs is 2. The minimum Gasteiger partial charge on any atom is -0.311 e. The highest BCUT2D eigenvalue weighted by atomic mass is 28.3. The molecule has 0 saturated heterocycles. The van der Waals surface area contributed by atoms with Crippen molar-refractivity contribution in [3.8, 4) is 55.6 Å². The van der Waals surface area contributed by atoms with Crippen molar-refractivity contribution in [1.82, 2.24) is 0 Å². The van der Waals surface area contributed by atoms with Gasteiger partial charge in [0.05, 0.1) is 5.69 Å². The lowest BCUT2D eigenvalue weighted by Gasteiger charge is -2.36. The quantitative estimate of drug-likeness (QED) is 0.126. The van der Waals surface area contributed by atoms with Gasteiger partial charge >= 0.3 is 0 Å². The molecule has 328 valence electrons. The molecule has 1 heterocycles. The van der Waals surface area contributed by atoms with Crippen LogP contribution in [0.4, 0.5) is 34.1 Å². The van der Waals surface area contributed by atoms with E-state index in [9.17, 15) is 0 Å². The van der Waals surface area contributed by atoms with Crippen LogP contribution in [0.25, 0.3) is 66.4 Å². The summed E-state index contributed by atoms with van der Waals surface area (Å²) in [7, 11) is -2.30. The minimum absolute atomic E-state index is 1.12. The Balaban J connectivity index is 0.979. The molecule has 69 heavy (non-hydrogen) atoms. The van der Waals surface area contributed by atoms with E-state index in [0.29, 0.717) is 0 Å². The fourth-order valence-corrected chi connectivity index (χ4v) is 13.6. The normalized spacial score (nSPS) is 12.3. The summed E-state index contributed by atoms with van der Waals surface area (Å²) in [6, 6.07) is 97.7. The van der Waals surface area contributed by atoms with Crippen LogP contribution in [-0.4, -0.2) is 8.07 Å². The van der Waals surface area contributed by atoms with E-state index >= 15 is 0 Å². The summed E-state index contributed by atoms with van der Waals surface area (Å²) in [4.78, 5) is 4.88. The van der Waals surface area contributed by atoms with Gasteiger partial charge in [-0.15, -0.1) is 0 Å². The highest BCUT2D eigenvalue weighted by Crippen LogP contribution is 2.45. The third-order valence-corrected chi connectivity index (χ3v) is 17.6. The summed E-state index contributed by atoms with van der Waals surface area (Å²) in [5.74, 6) is 0. The predicted octanol–water partition coefficient (Wildman–Crippen LogP) is 17.3. The number of anilines is 6. The zero-order valence-corrected chi connectivity index (χ0v) is 39.8. The first kappa shape index (κ1) is 41.9. The van der Waals surface area contributed by atoms with Gasteiger partial charge in [0.2, 0.25) is 0 Å². The van der Waals surface area contributed by atoms with Gasteiger partial charge in [-0.2, -0.15) is 0 Å². The van der Waals surface area contributed by atoms with Gasteiger partial charge in [-0.25, -0.2) is 0 Å². The van der Waals surface area contributed by atoms with Crippen LogP contribution < -0.4 is 20.2 Å². The van der Waals surface area contributed by atoms with Crippen LogP contribution in [0.1, 0.15) is 0 Å². The molecule has 0 aromatic heterocycles. The molecule has 0 spiro atoms. The highest BCUT2D eigenvalue weighted by Gasteiger charge is 2.37. The molecule has 3 heteroatoms. The molecule has 0 N–H and O–H groups in total. The second-order valence-corrected chi connectivity index (χ2v) is 22.9. The maximum atomic E-state index is 2.54. The van der Waals surface area contributed by atoms with Gasteiger partial charge in [0.15, 0.2) is 0 Å². The summed E-state index contributed by atoms with van der Waals surface area (Å²) >= 11 is 0. The molecule has 0 amide bonds.